The lowest BCUT2D eigenvalue weighted by molar-refractivity contribution is 0.133. The van der Waals surface area contributed by atoms with Crippen molar-refractivity contribution in [2.75, 3.05) is 13.2 Å². The predicted molar refractivity (Wildman–Crippen MR) is 51.3 cm³/mol. The van der Waals surface area contributed by atoms with Crippen LogP contribution in [0.2, 0.25) is 0 Å². The molecule has 1 N–H and O–H groups in total. The molecule has 2 unspecified atom stereocenters. The summed E-state index contributed by atoms with van der Waals surface area (Å²) in [7, 11) is 0. The van der Waals surface area contributed by atoms with Crippen molar-refractivity contribution < 1.29 is 4.74 Å². The maximum atomic E-state index is 5.47. The van der Waals surface area contributed by atoms with E-state index in [1.54, 1.807) is 0 Å². The van der Waals surface area contributed by atoms with E-state index in [0.717, 1.165) is 19.6 Å². The summed E-state index contributed by atoms with van der Waals surface area (Å²) in [5, 5.41) is 3.59. The second-order valence-corrected chi connectivity index (χ2v) is 4.85. The van der Waals surface area contributed by atoms with Crippen molar-refractivity contribution in [1.82, 2.24) is 5.32 Å². The molecule has 0 saturated carbocycles. The van der Waals surface area contributed by atoms with Crippen molar-refractivity contribution in [3.8, 4) is 0 Å². The number of hydrogen-bond donors (Lipinski definition) is 1. The second-order valence-electron chi connectivity index (χ2n) is 4.85. The Morgan fingerprint density at radius 2 is 2.00 bits per heavy atom. The Balaban J connectivity index is 2.52. The van der Waals surface area contributed by atoms with Crippen LogP contribution in [0.5, 0.6) is 0 Å². The number of nitrogens with one attached hydrogen (secondary N) is 1. The van der Waals surface area contributed by atoms with Crippen molar-refractivity contribution in [2.24, 2.45) is 5.41 Å². The predicted octanol–water partition coefficient (Wildman–Crippen LogP) is 1.80. The van der Waals surface area contributed by atoms with Gasteiger partial charge in [-0.25, -0.2) is 0 Å². The lowest BCUT2D eigenvalue weighted by Crippen LogP contribution is -2.44. The summed E-state index contributed by atoms with van der Waals surface area (Å²) in [4.78, 5) is 0. The summed E-state index contributed by atoms with van der Waals surface area (Å²) < 4.78 is 5.47. The zero-order valence-electron chi connectivity index (χ0n) is 8.68. The highest BCUT2D eigenvalue weighted by Gasteiger charge is 2.27. The van der Waals surface area contributed by atoms with Gasteiger partial charge in [0.25, 0.3) is 0 Å². The first-order valence-corrected chi connectivity index (χ1v) is 4.84. The third kappa shape index (κ3) is 2.76. The van der Waals surface area contributed by atoms with Crippen LogP contribution in [0, 0.1) is 5.41 Å². The van der Waals surface area contributed by atoms with Gasteiger partial charge in [-0.1, -0.05) is 20.8 Å². The van der Waals surface area contributed by atoms with Crippen molar-refractivity contribution in [3.05, 3.63) is 0 Å². The molecular formula is C10H21NO. The van der Waals surface area contributed by atoms with Gasteiger partial charge in [0.05, 0.1) is 6.61 Å². The van der Waals surface area contributed by atoms with Gasteiger partial charge in [0, 0.05) is 18.7 Å². The standard InChI is InChI=1S/C10H21NO/c1-8-7-12-6-5-9(11-8)10(2,3)4/h8-9,11H,5-7H2,1-4H3. The SMILES string of the molecule is CC1COCCC(C(C)(C)C)N1. The molecule has 0 bridgehead atoms. The quantitative estimate of drug-likeness (QED) is 0.600. The summed E-state index contributed by atoms with van der Waals surface area (Å²) in [6.45, 7) is 10.8. The average molecular weight is 171 g/mol. The molecule has 1 aliphatic rings. The molecule has 2 atom stereocenters. The van der Waals surface area contributed by atoms with E-state index in [0.29, 0.717) is 17.5 Å². The van der Waals surface area contributed by atoms with Crippen LogP contribution in [0.25, 0.3) is 0 Å². The van der Waals surface area contributed by atoms with Crippen molar-refractivity contribution >= 4 is 0 Å². The third-order valence-corrected chi connectivity index (χ3v) is 2.45. The molecule has 2 heteroatoms. The molecule has 0 aromatic rings. The molecule has 2 nitrogen and oxygen atoms in total. The number of ether oxygens (including phenoxy) is 1. The van der Waals surface area contributed by atoms with Crippen molar-refractivity contribution in [3.63, 3.8) is 0 Å². The topological polar surface area (TPSA) is 21.3 Å². The maximum absolute atomic E-state index is 5.47. The first-order valence-electron chi connectivity index (χ1n) is 4.84. The van der Waals surface area contributed by atoms with Crippen LogP contribution in [0.3, 0.4) is 0 Å². The monoisotopic (exact) mass is 171 g/mol. The molecule has 0 aliphatic carbocycles. The van der Waals surface area contributed by atoms with Gasteiger partial charge in [-0.05, 0) is 18.8 Å². The van der Waals surface area contributed by atoms with E-state index in [1.165, 1.54) is 0 Å². The summed E-state index contributed by atoms with van der Waals surface area (Å²) in [6, 6.07) is 1.09. The summed E-state index contributed by atoms with van der Waals surface area (Å²) in [5.41, 5.74) is 0.349. The minimum atomic E-state index is 0.349. The van der Waals surface area contributed by atoms with E-state index in [-0.39, 0.29) is 0 Å². The molecule has 72 valence electrons. The molecule has 1 fully saturated rings. The molecule has 1 rings (SSSR count). The molecule has 1 saturated heterocycles. The first-order chi connectivity index (χ1) is 5.50. The Labute approximate surface area is 75.7 Å². The first kappa shape index (κ1) is 10.0. The van der Waals surface area contributed by atoms with E-state index in [2.05, 4.69) is 33.0 Å². The lowest BCUT2D eigenvalue weighted by atomic mass is 9.85. The second kappa shape index (κ2) is 3.75. The van der Waals surface area contributed by atoms with Gasteiger partial charge in [0.1, 0.15) is 0 Å². The Hall–Kier alpha value is -0.0800. The highest BCUT2D eigenvalue weighted by molar-refractivity contribution is 4.84. The van der Waals surface area contributed by atoms with Crippen LogP contribution in [-0.2, 0) is 4.74 Å². The Morgan fingerprint density at radius 3 is 2.58 bits per heavy atom. The maximum Gasteiger partial charge on any atom is 0.0617 e. The summed E-state index contributed by atoms with van der Waals surface area (Å²) in [5.74, 6) is 0. The molecule has 0 amide bonds. The Kier molecular flexibility index (Phi) is 3.13. The van der Waals surface area contributed by atoms with Crippen LogP contribution in [0.1, 0.15) is 34.1 Å². The van der Waals surface area contributed by atoms with Gasteiger partial charge in [0.15, 0.2) is 0 Å². The zero-order chi connectivity index (χ0) is 9.19. The normalized spacial score (nSPS) is 33.0. The van der Waals surface area contributed by atoms with Gasteiger partial charge in [-0.3, -0.25) is 0 Å². The molecule has 0 aromatic carbocycles. The van der Waals surface area contributed by atoms with Gasteiger partial charge in [0.2, 0.25) is 0 Å². The van der Waals surface area contributed by atoms with Gasteiger partial charge in [-0.2, -0.15) is 0 Å². The van der Waals surface area contributed by atoms with Crippen LogP contribution in [0.15, 0.2) is 0 Å². The molecule has 1 aliphatic heterocycles. The summed E-state index contributed by atoms with van der Waals surface area (Å²) >= 11 is 0. The van der Waals surface area contributed by atoms with Crippen LogP contribution in [0.4, 0.5) is 0 Å². The van der Waals surface area contributed by atoms with E-state index in [1.807, 2.05) is 0 Å². The van der Waals surface area contributed by atoms with Gasteiger partial charge < -0.3 is 10.1 Å². The highest BCUT2D eigenvalue weighted by Crippen LogP contribution is 2.23. The minimum absolute atomic E-state index is 0.349. The Morgan fingerprint density at radius 1 is 1.33 bits per heavy atom. The molecule has 0 aromatic heterocycles. The third-order valence-electron chi connectivity index (χ3n) is 2.45. The summed E-state index contributed by atoms with van der Waals surface area (Å²) in [6.07, 6.45) is 1.13. The van der Waals surface area contributed by atoms with Crippen LogP contribution < -0.4 is 5.32 Å². The fourth-order valence-electron chi connectivity index (χ4n) is 1.62. The number of hydrogen-bond acceptors (Lipinski definition) is 2. The fourth-order valence-corrected chi connectivity index (χ4v) is 1.62. The molecule has 1 heterocycles. The molecule has 0 radical (unpaired) electrons. The smallest absolute Gasteiger partial charge is 0.0617 e. The lowest BCUT2D eigenvalue weighted by Gasteiger charge is -2.31. The van der Waals surface area contributed by atoms with E-state index in [4.69, 9.17) is 4.74 Å². The van der Waals surface area contributed by atoms with E-state index >= 15 is 0 Å². The van der Waals surface area contributed by atoms with Crippen LogP contribution in [-0.4, -0.2) is 25.3 Å². The van der Waals surface area contributed by atoms with Gasteiger partial charge in [-0.15, -0.1) is 0 Å². The van der Waals surface area contributed by atoms with Gasteiger partial charge >= 0.3 is 0 Å². The molecule has 0 spiro atoms. The van der Waals surface area contributed by atoms with Crippen molar-refractivity contribution in [2.45, 2.75) is 46.2 Å². The van der Waals surface area contributed by atoms with Crippen molar-refractivity contribution in [1.29, 1.82) is 0 Å². The van der Waals surface area contributed by atoms with E-state index in [9.17, 15) is 0 Å². The molecule has 12 heavy (non-hydrogen) atoms. The Bertz CT molecular complexity index is 139. The van der Waals surface area contributed by atoms with E-state index < -0.39 is 0 Å². The fraction of sp³-hybridized carbons (Fsp3) is 1.00. The van der Waals surface area contributed by atoms with Crippen LogP contribution >= 0.6 is 0 Å². The molecular weight excluding hydrogens is 150 g/mol. The average Bonchev–Trinajstić information content (AvgIpc) is 2.11. The minimum Gasteiger partial charge on any atom is -0.380 e. The largest absolute Gasteiger partial charge is 0.380 e. The number of rotatable bonds is 0. The highest BCUT2D eigenvalue weighted by atomic mass is 16.5. The zero-order valence-corrected chi connectivity index (χ0v) is 8.68.